The molecule has 0 heterocycles. The molecular weight excluding hydrogens is 276 g/mol. The molecule has 0 aliphatic rings. The molecule has 0 radical (unpaired) electrons. The summed E-state index contributed by atoms with van der Waals surface area (Å²) < 4.78 is 0. The Hall–Kier alpha value is -0.260. The highest BCUT2D eigenvalue weighted by Crippen LogP contribution is 2.14. The van der Waals surface area contributed by atoms with E-state index in [2.05, 4.69) is 26.0 Å². The van der Waals surface area contributed by atoms with Crippen LogP contribution in [0, 0.1) is 0 Å². The first-order valence-electron chi connectivity index (χ1n) is 11.0. The Bertz CT molecular complexity index is 216. The van der Waals surface area contributed by atoms with Crippen molar-refractivity contribution >= 4 is 0 Å². The normalized spacial score (nSPS) is 11.6. The maximum atomic E-state index is 2.30. The van der Waals surface area contributed by atoms with Crippen LogP contribution in [0.4, 0.5) is 0 Å². The standard InChI is InChI=1S/C23H46/c1-3-5-7-9-11-13-15-17-19-21-23-22-20-18-16-14-12-10-8-6-4-2/h3,5H,4,6-23H2,1-2H3/b5-3-. The van der Waals surface area contributed by atoms with Crippen LogP contribution in [0.3, 0.4) is 0 Å². The Labute approximate surface area is 148 Å². The van der Waals surface area contributed by atoms with Gasteiger partial charge in [-0.1, -0.05) is 128 Å². The highest BCUT2D eigenvalue weighted by molar-refractivity contribution is 4.76. The van der Waals surface area contributed by atoms with Gasteiger partial charge in [-0.2, -0.15) is 0 Å². The first kappa shape index (κ1) is 22.7. The lowest BCUT2D eigenvalue weighted by Crippen LogP contribution is -1.84. The van der Waals surface area contributed by atoms with Crippen LogP contribution in [0.1, 0.15) is 136 Å². The lowest BCUT2D eigenvalue weighted by Gasteiger charge is -2.03. The van der Waals surface area contributed by atoms with Crippen molar-refractivity contribution in [2.75, 3.05) is 0 Å². The predicted molar refractivity (Wildman–Crippen MR) is 108 cm³/mol. The number of hydrogen-bond donors (Lipinski definition) is 0. The summed E-state index contributed by atoms with van der Waals surface area (Å²) in [6.45, 7) is 4.42. The van der Waals surface area contributed by atoms with Crippen LogP contribution >= 0.6 is 0 Å². The van der Waals surface area contributed by atoms with E-state index in [1.165, 1.54) is 122 Å². The second-order valence-electron chi connectivity index (χ2n) is 7.37. The van der Waals surface area contributed by atoms with Gasteiger partial charge in [-0.25, -0.2) is 0 Å². The van der Waals surface area contributed by atoms with Crippen molar-refractivity contribution in [1.82, 2.24) is 0 Å². The van der Waals surface area contributed by atoms with Crippen molar-refractivity contribution in [2.24, 2.45) is 0 Å². The van der Waals surface area contributed by atoms with Crippen LogP contribution in [0.2, 0.25) is 0 Å². The van der Waals surface area contributed by atoms with Gasteiger partial charge in [-0.15, -0.1) is 0 Å². The lowest BCUT2D eigenvalue weighted by molar-refractivity contribution is 0.525. The van der Waals surface area contributed by atoms with E-state index in [0.717, 1.165) is 0 Å². The Morgan fingerprint density at radius 1 is 0.435 bits per heavy atom. The van der Waals surface area contributed by atoms with Crippen molar-refractivity contribution in [3.63, 3.8) is 0 Å². The molecule has 0 aliphatic heterocycles. The van der Waals surface area contributed by atoms with Crippen LogP contribution < -0.4 is 0 Å². The van der Waals surface area contributed by atoms with E-state index in [0.29, 0.717) is 0 Å². The SMILES string of the molecule is C/C=C\CCCCCCCCCCCCCCCCCCCC. The lowest BCUT2D eigenvalue weighted by atomic mass is 10.0. The summed E-state index contributed by atoms with van der Waals surface area (Å²) in [7, 11) is 0. The quantitative estimate of drug-likeness (QED) is 0.164. The van der Waals surface area contributed by atoms with E-state index in [9.17, 15) is 0 Å². The molecule has 0 amide bonds. The van der Waals surface area contributed by atoms with E-state index in [4.69, 9.17) is 0 Å². The second kappa shape index (κ2) is 21.7. The maximum absolute atomic E-state index is 2.30. The third kappa shape index (κ3) is 21.7. The molecule has 0 heteroatoms. The maximum Gasteiger partial charge on any atom is -0.0351 e. The minimum atomic E-state index is 1.29. The van der Waals surface area contributed by atoms with E-state index >= 15 is 0 Å². The van der Waals surface area contributed by atoms with Gasteiger partial charge in [0.05, 0.1) is 0 Å². The summed E-state index contributed by atoms with van der Waals surface area (Å²) in [5.74, 6) is 0. The van der Waals surface area contributed by atoms with Gasteiger partial charge in [-0.3, -0.25) is 0 Å². The fraction of sp³-hybridized carbons (Fsp3) is 0.913. The first-order valence-corrected chi connectivity index (χ1v) is 11.0. The number of rotatable bonds is 19. The molecule has 0 saturated carbocycles. The zero-order chi connectivity index (χ0) is 16.8. The van der Waals surface area contributed by atoms with Crippen LogP contribution in [0.5, 0.6) is 0 Å². The van der Waals surface area contributed by atoms with E-state index in [-0.39, 0.29) is 0 Å². The molecule has 23 heavy (non-hydrogen) atoms. The highest BCUT2D eigenvalue weighted by Gasteiger charge is 1.94. The molecule has 0 fully saturated rings. The average Bonchev–Trinajstić information content (AvgIpc) is 2.57. The molecule has 0 bridgehead atoms. The molecule has 138 valence electrons. The minimum Gasteiger partial charge on any atom is -0.0917 e. The molecule has 0 N–H and O–H groups in total. The predicted octanol–water partition coefficient (Wildman–Crippen LogP) is 8.99. The van der Waals surface area contributed by atoms with Gasteiger partial charge in [0, 0.05) is 0 Å². The van der Waals surface area contributed by atoms with Gasteiger partial charge >= 0.3 is 0 Å². The Kier molecular flexibility index (Phi) is 21.5. The van der Waals surface area contributed by atoms with E-state index in [1.54, 1.807) is 0 Å². The summed E-state index contributed by atoms with van der Waals surface area (Å²) in [5.41, 5.74) is 0. The third-order valence-corrected chi connectivity index (χ3v) is 4.96. The molecule has 0 atom stereocenters. The Balaban J connectivity index is 2.95. The smallest absolute Gasteiger partial charge is 0.0351 e. The molecule has 0 aliphatic carbocycles. The largest absolute Gasteiger partial charge is 0.0917 e. The summed E-state index contributed by atoms with van der Waals surface area (Å²) in [6, 6.07) is 0. The second-order valence-corrected chi connectivity index (χ2v) is 7.37. The van der Waals surface area contributed by atoms with Crippen LogP contribution in [-0.2, 0) is 0 Å². The van der Waals surface area contributed by atoms with E-state index < -0.39 is 0 Å². The van der Waals surface area contributed by atoms with Gasteiger partial charge in [0.15, 0.2) is 0 Å². The fourth-order valence-corrected chi connectivity index (χ4v) is 3.33. The highest BCUT2D eigenvalue weighted by atomic mass is 14.0. The van der Waals surface area contributed by atoms with Gasteiger partial charge < -0.3 is 0 Å². The summed E-state index contributed by atoms with van der Waals surface area (Å²) in [6.07, 6.45) is 32.1. The van der Waals surface area contributed by atoms with Crippen molar-refractivity contribution in [3.8, 4) is 0 Å². The van der Waals surface area contributed by atoms with Crippen molar-refractivity contribution in [2.45, 2.75) is 136 Å². The molecule has 0 unspecified atom stereocenters. The van der Waals surface area contributed by atoms with Crippen molar-refractivity contribution < 1.29 is 0 Å². The summed E-state index contributed by atoms with van der Waals surface area (Å²) in [4.78, 5) is 0. The molecule has 0 rings (SSSR count). The molecule has 0 saturated heterocycles. The monoisotopic (exact) mass is 322 g/mol. The van der Waals surface area contributed by atoms with Crippen LogP contribution in [0.25, 0.3) is 0 Å². The molecule has 0 aromatic carbocycles. The molecule has 0 aromatic rings. The number of unbranched alkanes of at least 4 members (excludes halogenated alkanes) is 18. The third-order valence-electron chi connectivity index (χ3n) is 4.96. The average molecular weight is 323 g/mol. The van der Waals surface area contributed by atoms with Crippen LogP contribution in [-0.4, -0.2) is 0 Å². The van der Waals surface area contributed by atoms with Gasteiger partial charge in [0.2, 0.25) is 0 Å². The van der Waals surface area contributed by atoms with Crippen LogP contribution in [0.15, 0.2) is 12.2 Å². The van der Waals surface area contributed by atoms with Crippen molar-refractivity contribution in [3.05, 3.63) is 12.2 Å². The van der Waals surface area contributed by atoms with Gasteiger partial charge in [-0.05, 0) is 19.8 Å². The first-order chi connectivity index (χ1) is 11.4. The topological polar surface area (TPSA) is 0 Å². The fourth-order valence-electron chi connectivity index (χ4n) is 3.33. The number of hydrogen-bond acceptors (Lipinski definition) is 0. The summed E-state index contributed by atoms with van der Waals surface area (Å²) >= 11 is 0. The van der Waals surface area contributed by atoms with Gasteiger partial charge in [0.25, 0.3) is 0 Å². The zero-order valence-electron chi connectivity index (χ0n) is 16.6. The Morgan fingerprint density at radius 2 is 0.739 bits per heavy atom. The molecule has 0 aromatic heterocycles. The van der Waals surface area contributed by atoms with Gasteiger partial charge in [0.1, 0.15) is 0 Å². The van der Waals surface area contributed by atoms with E-state index in [1.807, 2.05) is 0 Å². The zero-order valence-corrected chi connectivity index (χ0v) is 16.6. The minimum absolute atomic E-state index is 1.29. The Morgan fingerprint density at radius 3 is 1.04 bits per heavy atom. The summed E-state index contributed by atoms with van der Waals surface area (Å²) in [5, 5.41) is 0. The molecule has 0 spiro atoms. The van der Waals surface area contributed by atoms with Crippen molar-refractivity contribution in [1.29, 1.82) is 0 Å². The molecule has 0 nitrogen and oxygen atoms in total. The molecular formula is C23H46. The number of allylic oxidation sites excluding steroid dienone is 2.